The molecular formula is C32H34Cl2O2SiZr-4. The Morgan fingerprint density at radius 2 is 1.00 bits per heavy atom. The number of hydrogen-bond acceptors (Lipinski definition) is 2. The first-order chi connectivity index (χ1) is 16.5. The fourth-order valence-electron chi connectivity index (χ4n) is 4.00. The van der Waals surface area contributed by atoms with Gasteiger partial charge in [-0.1, -0.05) is 88.1 Å². The van der Waals surface area contributed by atoms with Gasteiger partial charge in [0.1, 0.15) is 11.2 Å². The first-order valence-electron chi connectivity index (χ1n) is 11.3. The fraction of sp³-hybridized carbons (Fsp3) is 0.188. The van der Waals surface area contributed by atoms with E-state index in [1.807, 2.05) is 36.4 Å². The number of para-hydroxylation sites is 2. The minimum absolute atomic E-state index is 0. The third-order valence-electron chi connectivity index (χ3n) is 6.24. The van der Waals surface area contributed by atoms with Crippen LogP contribution in [0.4, 0.5) is 0 Å². The summed E-state index contributed by atoms with van der Waals surface area (Å²) < 4.78 is 11.6. The third-order valence-corrected chi connectivity index (χ3v) is 6.24. The molecule has 0 bridgehead atoms. The molecule has 4 aromatic rings. The molecule has 2 unspecified atom stereocenters. The summed E-state index contributed by atoms with van der Waals surface area (Å²) >= 11 is 1.36. The van der Waals surface area contributed by atoms with Gasteiger partial charge in [-0.15, -0.1) is 36.0 Å². The van der Waals surface area contributed by atoms with Gasteiger partial charge in [0.05, 0.1) is 0 Å². The van der Waals surface area contributed by atoms with Crippen molar-refractivity contribution in [1.82, 2.24) is 0 Å². The molecule has 0 aliphatic heterocycles. The zero-order valence-electron chi connectivity index (χ0n) is 22.7. The summed E-state index contributed by atoms with van der Waals surface area (Å²) in [5.74, 6) is 2.65. The van der Waals surface area contributed by atoms with Gasteiger partial charge in [-0.25, -0.2) is 0 Å². The summed E-state index contributed by atoms with van der Waals surface area (Å²) in [5.41, 5.74) is 6.74. The first-order valence-corrected chi connectivity index (χ1v) is 15.5. The van der Waals surface area contributed by atoms with E-state index in [1.54, 1.807) is 0 Å². The van der Waals surface area contributed by atoms with Crippen molar-refractivity contribution in [2.24, 2.45) is 11.8 Å². The van der Waals surface area contributed by atoms with Gasteiger partial charge in [-0.2, -0.15) is 35.5 Å². The van der Waals surface area contributed by atoms with E-state index >= 15 is 0 Å². The molecule has 0 amide bonds. The van der Waals surface area contributed by atoms with E-state index in [0.717, 1.165) is 44.6 Å². The van der Waals surface area contributed by atoms with Crippen molar-refractivity contribution in [3.63, 3.8) is 0 Å². The van der Waals surface area contributed by atoms with Crippen LogP contribution in [0.15, 0.2) is 92.8 Å². The number of hydrogen-bond donors (Lipinski definition) is 0. The second-order valence-electron chi connectivity index (χ2n) is 8.63. The summed E-state index contributed by atoms with van der Waals surface area (Å²) in [7, 11) is 0. The van der Waals surface area contributed by atoms with Crippen molar-refractivity contribution >= 4 is 64.8 Å². The van der Waals surface area contributed by atoms with Crippen LogP contribution in [0.2, 0.25) is 0 Å². The van der Waals surface area contributed by atoms with Crippen LogP contribution in [0.25, 0.3) is 33.1 Å². The van der Waals surface area contributed by atoms with Crippen LogP contribution in [0.1, 0.15) is 39.2 Å². The zero-order valence-corrected chi connectivity index (χ0v) is 27.8. The molecule has 2 radical (unpaired) electrons. The maximum atomic E-state index is 5.80. The van der Waals surface area contributed by atoms with Crippen molar-refractivity contribution in [3.05, 3.63) is 122 Å². The van der Waals surface area contributed by atoms with Crippen LogP contribution < -0.4 is 0 Å². The Balaban J connectivity index is 0.000000616. The summed E-state index contributed by atoms with van der Waals surface area (Å²) in [6, 6.07) is 20.3. The van der Waals surface area contributed by atoms with Gasteiger partial charge in [-0.05, 0) is 12.1 Å². The molecule has 2 aromatic carbocycles. The SMILES string of the molecule is CC1=CC(c2cc3ccccc3o2)=[C-]C1C.CC1=CC(c2cc3ccccc3o2)=[C-]C1C.Cl.Cl.[CH3-].[CH3-].[Si]=[Zr]. The molecule has 2 aromatic heterocycles. The number of benzene rings is 2. The Hall–Kier alpha value is -1.84. The summed E-state index contributed by atoms with van der Waals surface area (Å²) in [6.07, 6.45) is 11.1. The number of fused-ring (bicyclic) bond motifs is 2. The minimum atomic E-state index is 0. The Labute approximate surface area is 257 Å². The number of halogens is 2. The topological polar surface area (TPSA) is 26.3 Å². The first kappa shape index (κ1) is 36.2. The van der Waals surface area contributed by atoms with Crippen molar-refractivity contribution in [1.29, 1.82) is 0 Å². The second-order valence-corrected chi connectivity index (χ2v) is 8.63. The van der Waals surface area contributed by atoms with Gasteiger partial charge in [0.15, 0.2) is 0 Å². The van der Waals surface area contributed by atoms with Crippen LogP contribution >= 0.6 is 24.8 Å². The van der Waals surface area contributed by atoms with E-state index in [-0.39, 0.29) is 39.7 Å². The quantitative estimate of drug-likeness (QED) is 0.161. The van der Waals surface area contributed by atoms with Crippen LogP contribution in [0.3, 0.4) is 0 Å². The van der Waals surface area contributed by atoms with Gasteiger partial charge in [0, 0.05) is 22.3 Å². The van der Waals surface area contributed by atoms with Crippen molar-refractivity contribution < 1.29 is 32.2 Å². The van der Waals surface area contributed by atoms with E-state index < -0.39 is 0 Å². The molecule has 0 saturated carbocycles. The average molecular weight is 641 g/mol. The molecule has 0 N–H and O–H groups in total. The molecule has 2 aliphatic carbocycles. The van der Waals surface area contributed by atoms with Crippen LogP contribution in [-0.4, -0.2) is 6.88 Å². The van der Waals surface area contributed by atoms with E-state index in [2.05, 4.69) is 83.1 Å². The molecular weight excluding hydrogens is 607 g/mol. The predicted octanol–water partition coefficient (Wildman–Crippen LogP) is 9.79. The molecule has 2 atom stereocenters. The number of furan rings is 2. The Morgan fingerprint density at radius 3 is 1.29 bits per heavy atom. The molecule has 2 nitrogen and oxygen atoms in total. The van der Waals surface area contributed by atoms with Gasteiger partial charge in [0.25, 0.3) is 0 Å². The Morgan fingerprint density at radius 1 is 0.658 bits per heavy atom. The Kier molecular flexibility index (Phi) is 15.5. The van der Waals surface area contributed by atoms with Gasteiger partial charge in [-0.3, -0.25) is 0 Å². The second kappa shape index (κ2) is 16.3. The molecule has 0 saturated heterocycles. The van der Waals surface area contributed by atoms with Gasteiger partial charge < -0.3 is 23.7 Å². The van der Waals surface area contributed by atoms with Crippen molar-refractivity contribution in [3.8, 4) is 0 Å². The molecule has 2 heterocycles. The molecule has 38 heavy (non-hydrogen) atoms. The molecule has 2 aliphatic rings. The van der Waals surface area contributed by atoms with E-state index in [4.69, 9.17) is 8.83 Å². The van der Waals surface area contributed by atoms with Gasteiger partial charge >= 0.3 is 30.2 Å². The molecule has 200 valence electrons. The molecule has 6 heteroatoms. The van der Waals surface area contributed by atoms with Crippen molar-refractivity contribution in [2.45, 2.75) is 27.7 Å². The normalized spacial score (nSPS) is 16.9. The van der Waals surface area contributed by atoms with Crippen molar-refractivity contribution in [2.75, 3.05) is 0 Å². The summed E-state index contributed by atoms with van der Waals surface area (Å²) in [4.78, 5) is 0. The summed E-state index contributed by atoms with van der Waals surface area (Å²) in [5, 5.41) is 2.30. The monoisotopic (exact) mass is 638 g/mol. The van der Waals surface area contributed by atoms with E-state index in [0.29, 0.717) is 11.8 Å². The van der Waals surface area contributed by atoms with E-state index in [1.165, 1.54) is 34.5 Å². The van der Waals surface area contributed by atoms with Crippen LogP contribution in [-0.2, 0) is 23.3 Å². The molecule has 6 rings (SSSR count). The average Bonchev–Trinajstić information content (AvgIpc) is 3.62. The zero-order chi connectivity index (χ0) is 24.2. The third kappa shape index (κ3) is 8.09. The maximum absolute atomic E-state index is 5.80. The predicted molar refractivity (Wildman–Crippen MR) is 165 cm³/mol. The number of allylic oxidation sites excluding steroid dienone is 8. The van der Waals surface area contributed by atoms with Crippen LogP contribution in [0.5, 0.6) is 0 Å². The summed E-state index contributed by atoms with van der Waals surface area (Å²) in [6.45, 7) is 11.6. The molecule has 0 fully saturated rings. The molecule has 0 spiro atoms. The standard InChI is InChI=1S/2C15H13O.2CH3.2ClH.Si.Zr/c2*1-10-7-13(8-11(10)2)15-9-12-5-3-4-6-14(12)16-15;;;;;;/h2*3-7,9,11H,1-2H3;2*1H3;2*1H;;/q4*-1;;;;. The Bertz CT molecular complexity index is 1280. The van der Waals surface area contributed by atoms with E-state index in [9.17, 15) is 0 Å². The van der Waals surface area contributed by atoms with Gasteiger partial charge in [0.2, 0.25) is 0 Å². The van der Waals surface area contributed by atoms with Crippen LogP contribution in [0, 0.1) is 38.8 Å². The number of rotatable bonds is 2. The fourth-order valence-corrected chi connectivity index (χ4v) is 4.00.